The first kappa shape index (κ1) is 17.8. The Morgan fingerprint density at radius 1 is 1.31 bits per heavy atom. The van der Waals surface area contributed by atoms with Gasteiger partial charge in [0.2, 0.25) is 0 Å². The van der Waals surface area contributed by atoms with E-state index in [1.54, 1.807) is 0 Å². The summed E-state index contributed by atoms with van der Waals surface area (Å²) in [6, 6.07) is 2.95. The second-order valence-electron chi connectivity index (χ2n) is 9.01. The number of pyridine rings is 1. The molecule has 5 heteroatoms. The second-order valence-corrected chi connectivity index (χ2v) is 9.01. The van der Waals surface area contributed by atoms with Crippen molar-refractivity contribution in [1.29, 1.82) is 5.26 Å². The maximum absolute atomic E-state index is 10.0. The number of aromatic nitrogens is 1. The first-order valence-electron chi connectivity index (χ1n) is 9.97. The molecule has 1 aromatic rings. The van der Waals surface area contributed by atoms with Crippen molar-refractivity contribution < 1.29 is 4.74 Å². The van der Waals surface area contributed by atoms with Crippen LogP contribution in [-0.2, 0) is 17.8 Å². The molecule has 1 saturated carbocycles. The van der Waals surface area contributed by atoms with Crippen LogP contribution >= 0.6 is 0 Å². The van der Waals surface area contributed by atoms with Gasteiger partial charge in [0.25, 0.3) is 0 Å². The molecule has 1 saturated heterocycles. The minimum absolute atomic E-state index is 0.220. The zero-order chi connectivity index (χ0) is 18.5. The van der Waals surface area contributed by atoms with Gasteiger partial charge in [-0.15, -0.1) is 0 Å². The molecule has 1 aliphatic carbocycles. The molecule has 0 amide bonds. The number of anilines is 1. The highest BCUT2D eigenvalue weighted by Crippen LogP contribution is 2.45. The van der Waals surface area contributed by atoms with Crippen LogP contribution in [-0.4, -0.2) is 36.3 Å². The molecule has 5 nitrogen and oxygen atoms in total. The fourth-order valence-electron chi connectivity index (χ4n) is 4.24. The Hall–Kier alpha value is -1.64. The standard InChI is InChI=1S/C21H30N4O/c1-13(2)18-11-25(8-7-23-18)20-16(10-22)15-9-21(3,4)26-12-17(15)19(24-20)14-5-6-14/h13-14,18,23H,5-9,11-12H2,1-4H3/t18-/m0/s1. The Morgan fingerprint density at radius 2 is 2.08 bits per heavy atom. The van der Waals surface area contributed by atoms with Crippen molar-refractivity contribution in [2.45, 2.75) is 71.1 Å². The Labute approximate surface area is 156 Å². The Bertz CT molecular complexity index is 745. The van der Waals surface area contributed by atoms with Crippen LogP contribution in [0, 0.1) is 17.2 Å². The van der Waals surface area contributed by atoms with E-state index in [0.717, 1.165) is 37.4 Å². The van der Waals surface area contributed by atoms with Crippen LogP contribution in [0.3, 0.4) is 0 Å². The molecule has 3 heterocycles. The lowest BCUT2D eigenvalue weighted by Gasteiger charge is -2.39. The monoisotopic (exact) mass is 354 g/mol. The van der Waals surface area contributed by atoms with Crippen molar-refractivity contribution >= 4 is 5.82 Å². The number of piperazine rings is 1. The summed E-state index contributed by atoms with van der Waals surface area (Å²) >= 11 is 0. The van der Waals surface area contributed by atoms with Gasteiger partial charge in [-0.25, -0.2) is 4.98 Å². The van der Waals surface area contributed by atoms with E-state index in [1.165, 1.54) is 29.7 Å². The molecule has 0 radical (unpaired) electrons. The number of nitrogens with one attached hydrogen (secondary N) is 1. The highest BCUT2D eigenvalue weighted by Gasteiger charge is 2.37. The fourth-order valence-corrected chi connectivity index (χ4v) is 4.24. The number of hydrogen-bond donors (Lipinski definition) is 1. The van der Waals surface area contributed by atoms with E-state index in [-0.39, 0.29) is 5.60 Å². The summed E-state index contributed by atoms with van der Waals surface area (Å²) in [5.74, 6) is 2.04. The van der Waals surface area contributed by atoms with Crippen molar-refractivity contribution in [2.24, 2.45) is 5.92 Å². The van der Waals surface area contributed by atoms with Crippen LogP contribution in [0.15, 0.2) is 0 Å². The van der Waals surface area contributed by atoms with Crippen molar-refractivity contribution in [3.8, 4) is 6.07 Å². The fraction of sp³-hybridized carbons (Fsp3) is 0.714. The second kappa shape index (κ2) is 6.51. The summed E-state index contributed by atoms with van der Waals surface area (Å²) in [4.78, 5) is 7.42. The predicted molar refractivity (Wildman–Crippen MR) is 102 cm³/mol. The summed E-state index contributed by atoms with van der Waals surface area (Å²) in [7, 11) is 0. The Kier molecular flexibility index (Phi) is 4.45. The van der Waals surface area contributed by atoms with Crippen LogP contribution in [0.4, 0.5) is 5.82 Å². The van der Waals surface area contributed by atoms with Gasteiger partial charge in [-0.2, -0.15) is 5.26 Å². The molecule has 2 fully saturated rings. The van der Waals surface area contributed by atoms with Gasteiger partial charge >= 0.3 is 0 Å². The summed E-state index contributed by atoms with van der Waals surface area (Å²) in [6.07, 6.45) is 3.22. The minimum Gasteiger partial charge on any atom is -0.370 e. The topological polar surface area (TPSA) is 61.2 Å². The largest absolute Gasteiger partial charge is 0.370 e. The van der Waals surface area contributed by atoms with Crippen LogP contribution in [0.25, 0.3) is 0 Å². The van der Waals surface area contributed by atoms with Crippen LogP contribution in [0.2, 0.25) is 0 Å². The number of rotatable bonds is 3. The zero-order valence-electron chi connectivity index (χ0n) is 16.4. The summed E-state index contributed by atoms with van der Waals surface area (Å²) in [5, 5.41) is 13.6. The highest BCUT2D eigenvalue weighted by atomic mass is 16.5. The first-order valence-corrected chi connectivity index (χ1v) is 9.97. The molecule has 0 unspecified atom stereocenters. The van der Waals surface area contributed by atoms with Gasteiger partial charge in [-0.3, -0.25) is 0 Å². The van der Waals surface area contributed by atoms with Gasteiger partial charge in [0.1, 0.15) is 11.9 Å². The lowest BCUT2D eigenvalue weighted by Crippen LogP contribution is -2.53. The molecule has 4 rings (SSSR count). The van der Waals surface area contributed by atoms with E-state index in [9.17, 15) is 5.26 Å². The van der Waals surface area contributed by atoms with Crippen molar-refractivity contribution in [2.75, 3.05) is 24.5 Å². The van der Waals surface area contributed by atoms with Gasteiger partial charge in [-0.1, -0.05) is 13.8 Å². The van der Waals surface area contributed by atoms with E-state index in [4.69, 9.17) is 9.72 Å². The van der Waals surface area contributed by atoms with Crippen molar-refractivity contribution in [3.63, 3.8) is 0 Å². The molecule has 0 aromatic carbocycles. The molecule has 1 atom stereocenters. The number of ether oxygens (including phenoxy) is 1. The molecule has 3 aliphatic rings. The van der Waals surface area contributed by atoms with Crippen molar-refractivity contribution in [3.05, 3.63) is 22.4 Å². The molecule has 1 N–H and O–H groups in total. The first-order chi connectivity index (χ1) is 12.4. The van der Waals surface area contributed by atoms with E-state index < -0.39 is 0 Å². The lowest BCUT2D eigenvalue weighted by molar-refractivity contribution is -0.0407. The Morgan fingerprint density at radius 3 is 2.73 bits per heavy atom. The zero-order valence-corrected chi connectivity index (χ0v) is 16.4. The third-order valence-corrected chi connectivity index (χ3v) is 6.02. The molecule has 2 aliphatic heterocycles. The SMILES string of the molecule is CC(C)[C@@H]1CN(c2nc(C3CC3)c3c(c2C#N)CC(C)(C)OC3)CCN1. The number of nitriles is 1. The van der Waals surface area contributed by atoms with Crippen LogP contribution < -0.4 is 10.2 Å². The summed E-state index contributed by atoms with van der Waals surface area (Å²) < 4.78 is 6.07. The smallest absolute Gasteiger partial charge is 0.147 e. The van der Waals surface area contributed by atoms with Gasteiger partial charge < -0.3 is 15.0 Å². The summed E-state index contributed by atoms with van der Waals surface area (Å²) in [6.45, 7) is 12.1. The predicted octanol–water partition coefficient (Wildman–Crippen LogP) is 3.12. The lowest BCUT2D eigenvalue weighted by atomic mass is 9.87. The van der Waals surface area contributed by atoms with E-state index in [1.807, 2.05) is 0 Å². The minimum atomic E-state index is -0.220. The van der Waals surface area contributed by atoms with Gasteiger partial charge in [0.15, 0.2) is 0 Å². The van der Waals surface area contributed by atoms with Crippen LogP contribution in [0.5, 0.6) is 0 Å². The normalized spacial score (nSPS) is 25.1. The van der Waals surface area contributed by atoms with E-state index >= 15 is 0 Å². The number of hydrogen-bond acceptors (Lipinski definition) is 5. The van der Waals surface area contributed by atoms with E-state index in [2.05, 4.69) is 44.0 Å². The number of nitrogens with zero attached hydrogens (tertiary/aromatic N) is 3. The maximum atomic E-state index is 10.0. The molecule has 26 heavy (non-hydrogen) atoms. The van der Waals surface area contributed by atoms with Gasteiger partial charge in [0, 0.05) is 43.6 Å². The molecular weight excluding hydrogens is 324 g/mol. The van der Waals surface area contributed by atoms with Crippen LogP contribution in [0.1, 0.15) is 68.8 Å². The molecule has 1 aromatic heterocycles. The van der Waals surface area contributed by atoms with E-state index in [0.29, 0.717) is 24.5 Å². The third kappa shape index (κ3) is 3.21. The maximum Gasteiger partial charge on any atom is 0.147 e. The average Bonchev–Trinajstić information content (AvgIpc) is 3.44. The molecular formula is C21H30N4O. The average molecular weight is 354 g/mol. The Balaban J connectivity index is 1.79. The molecule has 0 spiro atoms. The number of fused-ring (bicyclic) bond motifs is 1. The van der Waals surface area contributed by atoms with Gasteiger partial charge in [0.05, 0.1) is 23.5 Å². The molecule has 140 valence electrons. The summed E-state index contributed by atoms with van der Waals surface area (Å²) in [5.41, 5.74) is 4.15. The molecule has 0 bridgehead atoms. The van der Waals surface area contributed by atoms with Crippen molar-refractivity contribution in [1.82, 2.24) is 10.3 Å². The highest BCUT2D eigenvalue weighted by molar-refractivity contribution is 5.62. The third-order valence-electron chi connectivity index (χ3n) is 6.02. The quantitative estimate of drug-likeness (QED) is 0.904. The van der Waals surface area contributed by atoms with Gasteiger partial charge in [-0.05, 0) is 38.2 Å².